The molecule has 0 fully saturated rings. The molecule has 11 heteroatoms. The number of pyridine rings is 1. The molecule has 3 N–H and O–H groups in total. The first-order valence-electron chi connectivity index (χ1n) is 7.32. The minimum Gasteiger partial charge on any atom is -0.335 e. The zero-order valence-corrected chi connectivity index (χ0v) is 14.1. The first-order chi connectivity index (χ1) is 12.5. The molecular formula is C15H13N7O3S. The maximum Gasteiger partial charge on any atom is 0.269 e. The van der Waals surface area contributed by atoms with E-state index in [-0.39, 0.29) is 17.3 Å². The molecule has 0 aliphatic carbocycles. The number of benzene rings is 1. The van der Waals surface area contributed by atoms with Gasteiger partial charge < -0.3 is 11.2 Å². The average molecular weight is 371 g/mol. The lowest BCUT2D eigenvalue weighted by Gasteiger charge is -2.05. The summed E-state index contributed by atoms with van der Waals surface area (Å²) in [6, 6.07) is 9.13. The Morgan fingerprint density at radius 2 is 2.04 bits per heavy atom. The van der Waals surface area contributed by atoms with Gasteiger partial charge in [0.2, 0.25) is 11.1 Å². The molecule has 3 aromatic rings. The molecule has 1 amide bonds. The lowest BCUT2D eigenvalue weighted by Crippen LogP contribution is -2.16. The van der Waals surface area contributed by atoms with Gasteiger partial charge in [-0.1, -0.05) is 11.8 Å². The van der Waals surface area contributed by atoms with Crippen LogP contribution in [0.25, 0.3) is 11.4 Å². The summed E-state index contributed by atoms with van der Waals surface area (Å²) in [5.74, 6) is 6.17. The van der Waals surface area contributed by atoms with Crippen LogP contribution in [-0.2, 0) is 4.79 Å². The molecule has 0 atom stereocenters. The highest BCUT2D eigenvalue weighted by Gasteiger charge is 2.14. The quantitative estimate of drug-likeness (QED) is 0.288. The fourth-order valence-corrected chi connectivity index (χ4v) is 2.72. The van der Waals surface area contributed by atoms with Crippen LogP contribution in [0.15, 0.2) is 53.9 Å². The topological polar surface area (TPSA) is 142 Å². The van der Waals surface area contributed by atoms with Gasteiger partial charge in [-0.25, -0.2) is 4.68 Å². The highest BCUT2D eigenvalue weighted by molar-refractivity contribution is 7.99. The minimum absolute atomic E-state index is 0.0449. The van der Waals surface area contributed by atoms with Gasteiger partial charge in [0.15, 0.2) is 5.82 Å². The van der Waals surface area contributed by atoms with Crippen LogP contribution in [0.5, 0.6) is 0 Å². The van der Waals surface area contributed by atoms with Crippen molar-refractivity contribution < 1.29 is 9.72 Å². The lowest BCUT2D eigenvalue weighted by atomic mass is 10.3. The van der Waals surface area contributed by atoms with Crippen molar-refractivity contribution in [3.8, 4) is 11.4 Å². The van der Waals surface area contributed by atoms with Crippen LogP contribution < -0.4 is 11.2 Å². The number of aromatic nitrogens is 4. The number of nitrogen functional groups attached to an aromatic ring is 1. The number of nitrogens with two attached hydrogens (primary N) is 1. The molecular weight excluding hydrogens is 358 g/mol. The smallest absolute Gasteiger partial charge is 0.269 e. The summed E-state index contributed by atoms with van der Waals surface area (Å²) in [5.41, 5.74) is 1.13. The second-order valence-electron chi connectivity index (χ2n) is 5.06. The number of rotatable bonds is 6. The summed E-state index contributed by atoms with van der Waals surface area (Å²) >= 11 is 1.12. The van der Waals surface area contributed by atoms with Crippen molar-refractivity contribution in [3.05, 3.63) is 58.9 Å². The summed E-state index contributed by atoms with van der Waals surface area (Å²) in [7, 11) is 0. The van der Waals surface area contributed by atoms with Gasteiger partial charge in [-0.3, -0.25) is 19.9 Å². The van der Waals surface area contributed by atoms with E-state index in [1.807, 2.05) is 0 Å². The first-order valence-corrected chi connectivity index (χ1v) is 8.31. The van der Waals surface area contributed by atoms with Crippen molar-refractivity contribution >= 4 is 29.0 Å². The number of nitrogens with zero attached hydrogens (tertiary/aromatic N) is 5. The molecule has 3 rings (SSSR count). The van der Waals surface area contributed by atoms with E-state index in [0.717, 1.165) is 11.8 Å². The Labute approximate surface area is 151 Å². The Balaban J connectivity index is 1.60. The highest BCUT2D eigenvalue weighted by atomic mass is 32.2. The van der Waals surface area contributed by atoms with Crippen LogP contribution in [0, 0.1) is 10.1 Å². The number of non-ortho nitro benzene ring substituents is 1. The van der Waals surface area contributed by atoms with Crippen molar-refractivity contribution in [3.63, 3.8) is 0 Å². The van der Waals surface area contributed by atoms with Gasteiger partial charge in [-0.15, -0.1) is 10.2 Å². The Kier molecular flexibility index (Phi) is 5.08. The van der Waals surface area contributed by atoms with Crippen LogP contribution in [-0.4, -0.2) is 36.4 Å². The van der Waals surface area contributed by atoms with Crippen LogP contribution in [0.3, 0.4) is 0 Å². The highest BCUT2D eigenvalue weighted by Crippen LogP contribution is 2.21. The fourth-order valence-electron chi connectivity index (χ4n) is 2.06. The van der Waals surface area contributed by atoms with Gasteiger partial charge in [0, 0.05) is 35.8 Å². The number of nitrogens with one attached hydrogen (secondary N) is 1. The van der Waals surface area contributed by atoms with E-state index in [2.05, 4.69) is 20.5 Å². The Hall–Kier alpha value is -3.47. The van der Waals surface area contributed by atoms with Gasteiger partial charge in [-0.05, 0) is 24.3 Å². The molecule has 132 valence electrons. The predicted molar refractivity (Wildman–Crippen MR) is 95.9 cm³/mol. The van der Waals surface area contributed by atoms with E-state index in [0.29, 0.717) is 22.2 Å². The maximum absolute atomic E-state index is 12.0. The molecule has 26 heavy (non-hydrogen) atoms. The van der Waals surface area contributed by atoms with Gasteiger partial charge in [0.25, 0.3) is 5.69 Å². The number of hydrogen-bond donors (Lipinski definition) is 2. The molecule has 0 radical (unpaired) electrons. The maximum atomic E-state index is 12.0. The second kappa shape index (κ2) is 7.61. The number of carbonyl (C=O) groups is 1. The SMILES string of the molecule is Nn1c(SCC(=O)Nc2ccc([N+](=O)[O-])cc2)nnc1-c1cccnc1. The van der Waals surface area contributed by atoms with E-state index >= 15 is 0 Å². The summed E-state index contributed by atoms with van der Waals surface area (Å²) in [6.45, 7) is 0. The minimum atomic E-state index is -0.505. The number of anilines is 1. The lowest BCUT2D eigenvalue weighted by molar-refractivity contribution is -0.384. The molecule has 0 bridgehead atoms. The average Bonchev–Trinajstić information content (AvgIpc) is 3.02. The third kappa shape index (κ3) is 3.95. The molecule has 0 unspecified atom stereocenters. The monoisotopic (exact) mass is 371 g/mol. The van der Waals surface area contributed by atoms with Crippen molar-refractivity contribution in [2.45, 2.75) is 5.16 Å². The van der Waals surface area contributed by atoms with Gasteiger partial charge >= 0.3 is 0 Å². The Morgan fingerprint density at radius 1 is 1.27 bits per heavy atom. The number of amides is 1. The molecule has 10 nitrogen and oxygen atoms in total. The number of nitro groups is 1. The van der Waals surface area contributed by atoms with E-state index in [1.165, 1.54) is 28.9 Å². The molecule has 0 saturated carbocycles. The number of hydrogen-bond acceptors (Lipinski definition) is 8. The third-order valence-corrected chi connectivity index (χ3v) is 4.22. The number of carbonyl (C=O) groups excluding carboxylic acids is 1. The van der Waals surface area contributed by atoms with E-state index in [4.69, 9.17) is 5.84 Å². The summed E-state index contributed by atoms with van der Waals surface area (Å²) in [4.78, 5) is 26.1. The summed E-state index contributed by atoms with van der Waals surface area (Å²) in [6.07, 6.45) is 3.25. The van der Waals surface area contributed by atoms with Gasteiger partial charge in [0.1, 0.15) is 0 Å². The molecule has 1 aromatic carbocycles. The van der Waals surface area contributed by atoms with Crippen LogP contribution in [0.4, 0.5) is 11.4 Å². The molecule has 0 saturated heterocycles. The normalized spacial score (nSPS) is 10.5. The van der Waals surface area contributed by atoms with Crippen molar-refractivity contribution in [1.29, 1.82) is 0 Å². The van der Waals surface area contributed by atoms with Crippen LogP contribution in [0.2, 0.25) is 0 Å². The fraction of sp³-hybridized carbons (Fsp3) is 0.0667. The van der Waals surface area contributed by atoms with E-state index in [1.54, 1.807) is 24.5 Å². The Morgan fingerprint density at radius 3 is 2.69 bits per heavy atom. The van der Waals surface area contributed by atoms with Crippen molar-refractivity contribution in [2.75, 3.05) is 16.9 Å². The first kappa shape index (κ1) is 17.4. The van der Waals surface area contributed by atoms with E-state index in [9.17, 15) is 14.9 Å². The molecule has 2 aromatic heterocycles. The summed E-state index contributed by atoms with van der Waals surface area (Å²) in [5, 5.41) is 21.6. The van der Waals surface area contributed by atoms with Crippen LogP contribution >= 0.6 is 11.8 Å². The molecule has 0 aliphatic rings. The van der Waals surface area contributed by atoms with Crippen LogP contribution in [0.1, 0.15) is 0 Å². The number of thioether (sulfide) groups is 1. The number of nitro benzene ring substituents is 1. The largest absolute Gasteiger partial charge is 0.335 e. The van der Waals surface area contributed by atoms with Gasteiger partial charge in [0.05, 0.1) is 10.7 Å². The zero-order chi connectivity index (χ0) is 18.5. The Bertz CT molecular complexity index is 928. The zero-order valence-electron chi connectivity index (χ0n) is 13.3. The predicted octanol–water partition coefficient (Wildman–Crippen LogP) is 1.69. The molecule has 2 heterocycles. The summed E-state index contributed by atoms with van der Waals surface area (Å²) < 4.78 is 1.29. The van der Waals surface area contributed by atoms with Gasteiger partial charge in [-0.2, -0.15) is 0 Å². The molecule has 0 spiro atoms. The third-order valence-electron chi connectivity index (χ3n) is 3.28. The standard InChI is InChI=1S/C15H13N7O3S/c16-21-14(10-2-1-7-17-8-10)19-20-15(21)26-9-13(23)18-11-3-5-12(6-4-11)22(24)25/h1-8H,9,16H2,(H,18,23). The van der Waals surface area contributed by atoms with Crippen molar-refractivity contribution in [2.24, 2.45) is 0 Å². The second-order valence-corrected chi connectivity index (χ2v) is 6.00. The molecule has 0 aliphatic heterocycles. The van der Waals surface area contributed by atoms with Crippen molar-refractivity contribution in [1.82, 2.24) is 19.9 Å². The van der Waals surface area contributed by atoms with E-state index < -0.39 is 4.92 Å².